The number of carbonyl (C=O) groups excluding carboxylic acids is 1. The van der Waals surface area contributed by atoms with Crippen LogP contribution in [0.15, 0.2) is 17.7 Å². The van der Waals surface area contributed by atoms with Crippen molar-refractivity contribution in [2.45, 2.75) is 25.3 Å². The quantitative estimate of drug-likeness (QED) is 0.733. The Labute approximate surface area is 118 Å². The number of rotatable bonds is 3. The van der Waals surface area contributed by atoms with Crippen molar-refractivity contribution in [2.24, 2.45) is 0 Å². The van der Waals surface area contributed by atoms with Crippen molar-refractivity contribution < 1.29 is 23.5 Å². The summed E-state index contributed by atoms with van der Waals surface area (Å²) in [6.45, 7) is 0.743. The number of hydrogen-bond acceptors (Lipinski definition) is 4. The van der Waals surface area contributed by atoms with Crippen molar-refractivity contribution in [3.05, 3.63) is 23.4 Å². The molecule has 0 bridgehead atoms. The Balaban J connectivity index is 2.13. The van der Waals surface area contributed by atoms with Gasteiger partial charge < -0.3 is 10.4 Å². The van der Waals surface area contributed by atoms with Crippen molar-refractivity contribution in [1.29, 1.82) is 0 Å². The van der Waals surface area contributed by atoms with Gasteiger partial charge in [-0.25, -0.2) is 13.6 Å². The van der Waals surface area contributed by atoms with Crippen LogP contribution in [0.25, 0.3) is 6.08 Å². The number of alkyl halides is 2. The van der Waals surface area contributed by atoms with Gasteiger partial charge >= 0.3 is 6.09 Å². The molecule has 3 N–H and O–H groups in total. The maximum absolute atomic E-state index is 13.2. The van der Waals surface area contributed by atoms with Crippen molar-refractivity contribution in [1.82, 2.24) is 15.5 Å². The van der Waals surface area contributed by atoms with E-state index in [1.165, 1.54) is 18.2 Å². The van der Waals surface area contributed by atoms with E-state index in [2.05, 4.69) is 15.5 Å². The van der Waals surface area contributed by atoms with Crippen LogP contribution in [0.2, 0.25) is 0 Å². The Morgan fingerprint density at radius 3 is 2.71 bits per heavy atom. The topological polar surface area (TPSA) is 104 Å². The van der Waals surface area contributed by atoms with E-state index >= 15 is 0 Å². The SMILES string of the molecule is CC(F)(F)C1CC(=Cc2ccc(NC(=O)O)nn2)C(=O)N1. The van der Waals surface area contributed by atoms with Crippen LogP contribution in [-0.4, -0.2) is 39.3 Å². The molecule has 0 aromatic carbocycles. The number of amides is 2. The van der Waals surface area contributed by atoms with E-state index in [9.17, 15) is 18.4 Å². The zero-order valence-electron chi connectivity index (χ0n) is 10.9. The fourth-order valence-electron chi connectivity index (χ4n) is 1.82. The highest BCUT2D eigenvalue weighted by Crippen LogP contribution is 2.28. The average molecular weight is 298 g/mol. The van der Waals surface area contributed by atoms with E-state index < -0.39 is 24.0 Å². The van der Waals surface area contributed by atoms with Crippen LogP contribution >= 0.6 is 0 Å². The van der Waals surface area contributed by atoms with Crippen LogP contribution in [0.3, 0.4) is 0 Å². The smallest absolute Gasteiger partial charge is 0.410 e. The van der Waals surface area contributed by atoms with Gasteiger partial charge in [0.2, 0.25) is 5.91 Å². The largest absolute Gasteiger partial charge is 0.465 e. The summed E-state index contributed by atoms with van der Waals surface area (Å²) >= 11 is 0. The Kier molecular flexibility index (Phi) is 3.83. The van der Waals surface area contributed by atoms with Gasteiger partial charge in [0.25, 0.3) is 5.92 Å². The highest BCUT2D eigenvalue weighted by atomic mass is 19.3. The molecule has 1 saturated heterocycles. The molecule has 1 aromatic heterocycles. The maximum Gasteiger partial charge on any atom is 0.410 e. The minimum Gasteiger partial charge on any atom is -0.465 e. The first-order chi connectivity index (χ1) is 9.75. The molecular formula is C12H12F2N4O3. The lowest BCUT2D eigenvalue weighted by atomic mass is 10.1. The number of anilines is 1. The van der Waals surface area contributed by atoms with Gasteiger partial charge in [-0.3, -0.25) is 10.1 Å². The predicted octanol–water partition coefficient (Wildman–Crippen LogP) is 1.49. The molecule has 1 atom stereocenters. The van der Waals surface area contributed by atoms with E-state index in [1.807, 2.05) is 5.32 Å². The Hall–Kier alpha value is -2.58. The fourth-order valence-corrected chi connectivity index (χ4v) is 1.82. The monoisotopic (exact) mass is 298 g/mol. The van der Waals surface area contributed by atoms with Gasteiger partial charge in [0, 0.05) is 18.9 Å². The minimum atomic E-state index is -3.01. The number of aromatic nitrogens is 2. The second-order valence-electron chi connectivity index (χ2n) is 4.63. The number of carboxylic acid groups (broad SMARTS) is 1. The number of hydrogen-bond donors (Lipinski definition) is 3. The minimum absolute atomic E-state index is 0.0264. The first-order valence-electron chi connectivity index (χ1n) is 5.98. The van der Waals surface area contributed by atoms with E-state index in [-0.39, 0.29) is 23.5 Å². The van der Waals surface area contributed by atoms with Gasteiger partial charge in [0.1, 0.15) is 0 Å². The summed E-state index contributed by atoms with van der Waals surface area (Å²) in [6, 6.07) is 1.54. The van der Waals surface area contributed by atoms with Crippen LogP contribution < -0.4 is 10.6 Å². The number of nitrogens with zero attached hydrogens (tertiary/aromatic N) is 2. The summed E-state index contributed by atoms with van der Waals surface area (Å²) in [4.78, 5) is 22.0. The molecule has 1 aromatic rings. The molecule has 2 rings (SSSR count). The molecule has 0 saturated carbocycles. The van der Waals surface area contributed by atoms with Gasteiger partial charge in [-0.2, -0.15) is 0 Å². The van der Waals surface area contributed by atoms with Gasteiger partial charge in [0.05, 0.1) is 11.7 Å². The van der Waals surface area contributed by atoms with Gasteiger partial charge in [-0.05, 0) is 18.2 Å². The summed E-state index contributed by atoms with van der Waals surface area (Å²) in [5.41, 5.74) is 0.450. The second kappa shape index (κ2) is 5.43. The molecule has 2 amide bonds. The van der Waals surface area contributed by atoms with Gasteiger partial charge in [-0.15, -0.1) is 10.2 Å². The standard InChI is InChI=1S/C12H12F2N4O3/c1-12(13,14)8-5-6(10(19)15-8)4-7-2-3-9(18-17-7)16-11(20)21/h2-4,8H,5H2,1H3,(H,15,19)(H,16,18)(H,20,21). The molecule has 112 valence electrons. The Bertz CT molecular complexity index is 596. The predicted molar refractivity (Wildman–Crippen MR) is 68.8 cm³/mol. The zero-order chi connectivity index (χ0) is 15.6. The normalized spacial score (nSPS) is 20.4. The maximum atomic E-state index is 13.2. The highest BCUT2D eigenvalue weighted by Gasteiger charge is 2.41. The molecule has 9 heteroatoms. The first-order valence-corrected chi connectivity index (χ1v) is 5.98. The molecule has 1 aliphatic heterocycles. The average Bonchev–Trinajstić information content (AvgIpc) is 2.73. The summed E-state index contributed by atoms with van der Waals surface area (Å²) in [6.07, 6.45) is -0.0452. The van der Waals surface area contributed by atoms with E-state index in [1.54, 1.807) is 0 Å². The molecule has 1 fully saturated rings. The molecule has 0 radical (unpaired) electrons. The number of carbonyl (C=O) groups is 2. The zero-order valence-corrected chi connectivity index (χ0v) is 10.9. The van der Waals surface area contributed by atoms with Crippen LogP contribution in [0.4, 0.5) is 19.4 Å². The summed E-state index contributed by atoms with van der Waals surface area (Å²) < 4.78 is 26.3. The van der Waals surface area contributed by atoms with E-state index in [0.29, 0.717) is 0 Å². The van der Waals surface area contributed by atoms with Crippen LogP contribution in [-0.2, 0) is 4.79 Å². The second-order valence-corrected chi connectivity index (χ2v) is 4.63. The van der Waals surface area contributed by atoms with Crippen LogP contribution in [0, 0.1) is 0 Å². The Morgan fingerprint density at radius 2 is 2.24 bits per heavy atom. The van der Waals surface area contributed by atoms with Gasteiger partial charge in [-0.1, -0.05) is 0 Å². The van der Waals surface area contributed by atoms with Gasteiger partial charge in [0.15, 0.2) is 5.82 Å². The first kappa shape index (κ1) is 14.8. The summed E-state index contributed by atoms with van der Waals surface area (Å²) in [5, 5.41) is 20.0. The molecule has 0 spiro atoms. The third-order valence-corrected chi connectivity index (χ3v) is 2.88. The molecule has 2 heterocycles. The van der Waals surface area contributed by atoms with Crippen molar-refractivity contribution in [2.75, 3.05) is 5.32 Å². The van der Waals surface area contributed by atoms with Crippen molar-refractivity contribution >= 4 is 23.9 Å². The van der Waals surface area contributed by atoms with Crippen LogP contribution in [0.5, 0.6) is 0 Å². The van der Waals surface area contributed by atoms with Crippen molar-refractivity contribution in [3.63, 3.8) is 0 Å². The molecule has 1 aliphatic rings. The van der Waals surface area contributed by atoms with E-state index in [4.69, 9.17) is 5.11 Å². The molecule has 1 unspecified atom stereocenters. The Morgan fingerprint density at radius 1 is 1.52 bits per heavy atom. The number of nitrogens with one attached hydrogen (secondary N) is 2. The van der Waals surface area contributed by atoms with Crippen molar-refractivity contribution in [3.8, 4) is 0 Å². The lowest BCUT2D eigenvalue weighted by Crippen LogP contribution is -2.39. The molecule has 0 aliphatic carbocycles. The highest BCUT2D eigenvalue weighted by molar-refractivity contribution is 6.00. The molecule has 21 heavy (non-hydrogen) atoms. The lowest BCUT2D eigenvalue weighted by Gasteiger charge is -2.17. The summed E-state index contributed by atoms with van der Waals surface area (Å²) in [7, 11) is 0. The fraction of sp³-hybridized carbons (Fsp3) is 0.333. The van der Waals surface area contributed by atoms with E-state index in [0.717, 1.165) is 6.92 Å². The third kappa shape index (κ3) is 3.71. The summed E-state index contributed by atoms with van der Waals surface area (Å²) in [5.74, 6) is -3.55. The third-order valence-electron chi connectivity index (χ3n) is 2.88. The molecular weight excluding hydrogens is 286 g/mol. The lowest BCUT2D eigenvalue weighted by molar-refractivity contribution is -0.118. The number of halogens is 2. The molecule has 7 nitrogen and oxygen atoms in total. The van der Waals surface area contributed by atoms with Crippen LogP contribution in [0.1, 0.15) is 19.0 Å².